The Balaban J connectivity index is 2.56. The van der Waals surface area contributed by atoms with E-state index in [0.717, 1.165) is 0 Å². The third-order valence-electron chi connectivity index (χ3n) is 2.12. The van der Waals surface area contributed by atoms with Gasteiger partial charge in [-0.3, -0.25) is 4.98 Å². The minimum absolute atomic E-state index is 0.356. The lowest BCUT2D eigenvalue weighted by Gasteiger charge is -2.13. The van der Waals surface area contributed by atoms with Crippen LogP contribution in [0.4, 0.5) is 0 Å². The molecule has 0 aliphatic rings. The fourth-order valence-corrected chi connectivity index (χ4v) is 1.33. The van der Waals surface area contributed by atoms with Gasteiger partial charge in [-0.25, -0.2) is 4.98 Å². The molecular formula is C9H12N4O. The fourth-order valence-electron chi connectivity index (χ4n) is 1.33. The van der Waals surface area contributed by atoms with Crippen LogP contribution in [0.25, 0.3) is 5.65 Å². The summed E-state index contributed by atoms with van der Waals surface area (Å²) in [6, 6.07) is -0.356. The second kappa shape index (κ2) is 3.36. The van der Waals surface area contributed by atoms with Crippen LogP contribution in [-0.2, 0) is 0 Å². The second-order valence-electron chi connectivity index (χ2n) is 3.27. The average molecular weight is 192 g/mol. The predicted molar refractivity (Wildman–Crippen MR) is 51.6 cm³/mol. The van der Waals surface area contributed by atoms with Gasteiger partial charge in [-0.15, -0.1) is 0 Å². The molecule has 0 amide bonds. The molecule has 0 radical (unpaired) electrons. The monoisotopic (exact) mass is 192 g/mol. The van der Waals surface area contributed by atoms with Crippen molar-refractivity contribution in [2.24, 2.45) is 5.73 Å². The number of rotatable bonds is 2. The number of nitrogens with two attached hydrogens (primary N) is 1. The highest BCUT2D eigenvalue weighted by molar-refractivity contribution is 5.44. The summed E-state index contributed by atoms with van der Waals surface area (Å²) in [6.45, 7) is 1.73. The molecule has 0 aliphatic carbocycles. The molecule has 0 fully saturated rings. The van der Waals surface area contributed by atoms with Crippen LogP contribution >= 0.6 is 0 Å². The van der Waals surface area contributed by atoms with Gasteiger partial charge in [-0.1, -0.05) is 0 Å². The fraction of sp³-hybridized carbons (Fsp3) is 0.333. The maximum Gasteiger partial charge on any atom is 0.161 e. The topological polar surface area (TPSA) is 76.4 Å². The van der Waals surface area contributed by atoms with Crippen molar-refractivity contribution in [1.82, 2.24) is 14.4 Å². The Kier molecular flexibility index (Phi) is 2.18. The smallest absolute Gasteiger partial charge is 0.161 e. The summed E-state index contributed by atoms with van der Waals surface area (Å²) in [4.78, 5) is 8.19. The van der Waals surface area contributed by atoms with E-state index in [0.29, 0.717) is 11.3 Å². The molecule has 2 rings (SSSR count). The number of aliphatic hydroxyl groups is 1. The van der Waals surface area contributed by atoms with Crippen molar-refractivity contribution in [1.29, 1.82) is 0 Å². The van der Waals surface area contributed by atoms with E-state index in [2.05, 4.69) is 9.97 Å². The minimum atomic E-state index is -0.777. The minimum Gasteiger partial charge on any atom is -0.385 e. The van der Waals surface area contributed by atoms with Crippen molar-refractivity contribution in [3.63, 3.8) is 0 Å². The van der Waals surface area contributed by atoms with Crippen LogP contribution < -0.4 is 5.73 Å². The Morgan fingerprint density at radius 3 is 2.64 bits per heavy atom. The third-order valence-corrected chi connectivity index (χ3v) is 2.12. The Bertz CT molecular complexity index is 437. The number of nitrogens with zero attached hydrogens (tertiary/aromatic N) is 3. The van der Waals surface area contributed by atoms with Crippen LogP contribution in [-0.4, -0.2) is 25.5 Å². The number of hydrogen-bond acceptors (Lipinski definition) is 4. The summed E-state index contributed by atoms with van der Waals surface area (Å²) in [5.41, 5.74) is 6.77. The maximum atomic E-state index is 9.77. The molecule has 5 heteroatoms. The van der Waals surface area contributed by atoms with Gasteiger partial charge in [0.2, 0.25) is 0 Å². The van der Waals surface area contributed by atoms with Crippen molar-refractivity contribution >= 4 is 5.65 Å². The molecule has 0 saturated heterocycles. The van der Waals surface area contributed by atoms with Crippen molar-refractivity contribution in [3.05, 3.63) is 30.5 Å². The van der Waals surface area contributed by atoms with Crippen molar-refractivity contribution in [3.8, 4) is 0 Å². The normalized spacial score (nSPS) is 15.6. The van der Waals surface area contributed by atoms with Gasteiger partial charge in [-0.2, -0.15) is 0 Å². The van der Waals surface area contributed by atoms with Crippen LogP contribution in [0.1, 0.15) is 18.7 Å². The predicted octanol–water partition coefficient (Wildman–Crippen LogP) is 0.110. The third kappa shape index (κ3) is 1.36. The average Bonchev–Trinajstić information content (AvgIpc) is 2.63. The molecule has 2 aromatic heterocycles. The lowest BCUT2D eigenvalue weighted by molar-refractivity contribution is 0.150. The molecule has 0 bridgehead atoms. The first kappa shape index (κ1) is 9.11. The van der Waals surface area contributed by atoms with Gasteiger partial charge >= 0.3 is 0 Å². The Labute approximate surface area is 81.2 Å². The zero-order valence-electron chi connectivity index (χ0n) is 7.83. The zero-order valence-corrected chi connectivity index (χ0v) is 7.83. The number of fused-ring (bicyclic) bond motifs is 1. The molecule has 0 spiro atoms. The van der Waals surface area contributed by atoms with E-state index in [1.54, 1.807) is 36.1 Å². The Morgan fingerprint density at radius 1 is 1.36 bits per heavy atom. The van der Waals surface area contributed by atoms with Gasteiger partial charge in [0, 0.05) is 30.8 Å². The van der Waals surface area contributed by atoms with E-state index in [1.807, 2.05) is 0 Å². The highest BCUT2D eigenvalue weighted by Crippen LogP contribution is 2.16. The van der Waals surface area contributed by atoms with E-state index in [4.69, 9.17) is 5.73 Å². The molecule has 5 nitrogen and oxygen atoms in total. The molecule has 74 valence electrons. The summed E-state index contributed by atoms with van der Waals surface area (Å²) in [5, 5.41) is 9.77. The quantitative estimate of drug-likeness (QED) is 0.708. The molecule has 2 unspecified atom stereocenters. The summed E-state index contributed by atoms with van der Waals surface area (Å²) in [7, 11) is 0. The van der Waals surface area contributed by atoms with Crippen molar-refractivity contribution < 1.29 is 5.11 Å². The van der Waals surface area contributed by atoms with Crippen LogP contribution in [0.3, 0.4) is 0 Å². The van der Waals surface area contributed by atoms with Crippen molar-refractivity contribution in [2.75, 3.05) is 0 Å². The molecule has 0 aromatic carbocycles. The molecule has 2 atom stereocenters. The molecule has 2 heterocycles. The lowest BCUT2D eigenvalue weighted by Crippen LogP contribution is -2.25. The van der Waals surface area contributed by atoms with E-state index in [1.165, 1.54) is 0 Å². The highest BCUT2D eigenvalue weighted by Gasteiger charge is 2.17. The van der Waals surface area contributed by atoms with Gasteiger partial charge in [-0.05, 0) is 6.92 Å². The van der Waals surface area contributed by atoms with Crippen LogP contribution in [0.5, 0.6) is 0 Å². The van der Waals surface area contributed by atoms with Gasteiger partial charge in [0.25, 0.3) is 0 Å². The van der Waals surface area contributed by atoms with Gasteiger partial charge < -0.3 is 15.2 Å². The lowest BCUT2D eigenvalue weighted by atomic mass is 10.1. The summed E-state index contributed by atoms with van der Waals surface area (Å²) < 4.78 is 1.80. The maximum absolute atomic E-state index is 9.77. The second-order valence-corrected chi connectivity index (χ2v) is 3.27. The van der Waals surface area contributed by atoms with Gasteiger partial charge in [0.15, 0.2) is 5.65 Å². The molecule has 0 aliphatic heterocycles. The number of hydrogen-bond donors (Lipinski definition) is 2. The summed E-state index contributed by atoms with van der Waals surface area (Å²) in [5.74, 6) is 0. The Morgan fingerprint density at radius 2 is 2.00 bits per heavy atom. The summed E-state index contributed by atoms with van der Waals surface area (Å²) >= 11 is 0. The standard InChI is InChI=1S/C9H12N4O/c1-6(10)8(14)7-9-12-3-5-13(9)4-2-11-7/h2-6,8,14H,10H2,1H3. The van der Waals surface area contributed by atoms with Gasteiger partial charge in [0.1, 0.15) is 11.8 Å². The van der Waals surface area contributed by atoms with Crippen LogP contribution in [0.15, 0.2) is 24.8 Å². The first-order valence-electron chi connectivity index (χ1n) is 4.41. The van der Waals surface area contributed by atoms with E-state index in [9.17, 15) is 5.11 Å². The van der Waals surface area contributed by atoms with Crippen LogP contribution in [0.2, 0.25) is 0 Å². The van der Waals surface area contributed by atoms with E-state index in [-0.39, 0.29) is 6.04 Å². The molecule has 14 heavy (non-hydrogen) atoms. The molecular weight excluding hydrogens is 180 g/mol. The van der Waals surface area contributed by atoms with E-state index < -0.39 is 6.10 Å². The SMILES string of the molecule is CC(N)C(O)c1nccn2ccnc12. The molecule has 2 aromatic rings. The number of imidazole rings is 1. The summed E-state index contributed by atoms with van der Waals surface area (Å²) in [6.07, 6.45) is 6.08. The first-order chi connectivity index (χ1) is 6.70. The Hall–Kier alpha value is -1.46. The molecule has 3 N–H and O–H groups in total. The van der Waals surface area contributed by atoms with Crippen LogP contribution in [0, 0.1) is 0 Å². The zero-order chi connectivity index (χ0) is 10.1. The largest absolute Gasteiger partial charge is 0.385 e. The highest BCUT2D eigenvalue weighted by atomic mass is 16.3. The van der Waals surface area contributed by atoms with Crippen molar-refractivity contribution in [2.45, 2.75) is 19.1 Å². The number of aliphatic hydroxyl groups excluding tert-OH is 1. The first-order valence-corrected chi connectivity index (χ1v) is 4.41. The van der Waals surface area contributed by atoms with Gasteiger partial charge in [0.05, 0.1) is 0 Å². The number of aromatic nitrogens is 3. The van der Waals surface area contributed by atoms with E-state index >= 15 is 0 Å². The molecule has 0 saturated carbocycles.